The molecule has 1 amide bonds. The number of aromatic nitrogens is 1. The van der Waals surface area contributed by atoms with Crippen LogP contribution in [0, 0.1) is 6.92 Å². The summed E-state index contributed by atoms with van der Waals surface area (Å²) in [7, 11) is 0. The van der Waals surface area contributed by atoms with Crippen molar-refractivity contribution < 1.29 is 13.9 Å². The van der Waals surface area contributed by atoms with Gasteiger partial charge >= 0.3 is 6.09 Å². The highest BCUT2D eigenvalue weighted by Gasteiger charge is 2.23. The van der Waals surface area contributed by atoms with Crippen molar-refractivity contribution in [1.29, 1.82) is 0 Å². The molecular formula is C20H27N5O3. The van der Waals surface area contributed by atoms with E-state index in [2.05, 4.69) is 15.3 Å². The summed E-state index contributed by atoms with van der Waals surface area (Å²) in [6.07, 6.45) is 3.04. The Morgan fingerprint density at radius 3 is 2.75 bits per heavy atom. The molecule has 3 rings (SSSR count). The highest BCUT2D eigenvalue weighted by Crippen LogP contribution is 2.21. The first kappa shape index (κ1) is 19.7. The Balaban J connectivity index is 1.48. The molecule has 8 heteroatoms. The van der Waals surface area contributed by atoms with Crippen LogP contribution < -0.4 is 11.1 Å². The summed E-state index contributed by atoms with van der Waals surface area (Å²) in [5.41, 5.74) is 8.17. The quantitative estimate of drug-likeness (QED) is 0.605. The Kier molecular flexibility index (Phi) is 6.52. The molecule has 0 atom stereocenters. The van der Waals surface area contributed by atoms with Crippen LogP contribution in [-0.4, -0.2) is 47.7 Å². The number of oxazole rings is 1. The molecule has 0 unspecified atom stereocenters. The Morgan fingerprint density at radius 1 is 1.36 bits per heavy atom. The Hall–Kier alpha value is -3.03. The fourth-order valence-electron chi connectivity index (χ4n) is 3.06. The third-order valence-electron chi connectivity index (χ3n) is 4.65. The van der Waals surface area contributed by atoms with Crippen LogP contribution in [0.4, 0.5) is 4.79 Å². The van der Waals surface area contributed by atoms with Gasteiger partial charge in [0, 0.05) is 24.7 Å². The number of carbonyl (C=O) groups excluding carboxylic acids is 1. The third kappa shape index (κ3) is 5.25. The molecule has 0 spiro atoms. The molecular weight excluding hydrogens is 358 g/mol. The predicted octanol–water partition coefficient (Wildman–Crippen LogP) is 2.68. The zero-order valence-electron chi connectivity index (χ0n) is 16.4. The first-order chi connectivity index (χ1) is 13.5. The lowest BCUT2D eigenvalue weighted by Crippen LogP contribution is -2.48. The average Bonchev–Trinajstić information content (AvgIpc) is 3.17. The number of nitrogens with two attached hydrogens (primary N) is 1. The normalized spacial score (nSPS) is 15.5. The molecule has 0 bridgehead atoms. The molecule has 1 aliphatic rings. The molecule has 0 radical (unpaired) electrons. The van der Waals surface area contributed by atoms with Gasteiger partial charge in [-0.05, 0) is 26.7 Å². The second-order valence-electron chi connectivity index (χ2n) is 6.79. The van der Waals surface area contributed by atoms with Crippen molar-refractivity contribution in [3.05, 3.63) is 41.9 Å². The van der Waals surface area contributed by atoms with E-state index in [1.165, 1.54) is 5.56 Å². The fraction of sp³-hybridized carbons (Fsp3) is 0.450. The second kappa shape index (κ2) is 9.25. The minimum absolute atomic E-state index is 0.183. The summed E-state index contributed by atoms with van der Waals surface area (Å²) in [4.78, 5) is 22.0. The molecule has 8 nitrogen and oxygen atoms in total. The van der Waals surface area contributed by atoms with Gasteiger partial charge in [-0.2, -0.15) is 0 Å². The van der Waals surface area contributed by atoms with Crippen molar-refractivity contribution in [2.75, 3.05) is 19.7 Å². The smallest absolute Gasteiger partial charge is 0.409 e. The van der Waals surface area contributed by atoms with Crippen molar-refractivity contribution in [2.24, 2.45) is 10.7 Å². The van der Waals surface area contributed by atoms with Crippen molar-refractivity contribution >= 4 is 12.1 Å². The highest BCUT2D eigenvalue weighted by atomic mass is 16.6. The molecule has 1 saturated heterocycles. The summed E-state index contributed by atoms with van der Waals surface area (Å²) in [6, 6.07) is 8.25. The molecule has 1 aliphatic heterocycles. The van der Waals surface area contributed by atoms with Crippen molar-refractivity contribution in [3.8, 4) is 11.3 Å². The Labute approximate surface area is 164 Å². The van der Waals surface area contributed by atoms with E-state index in [1.54, 1.807) is 18.0 Å². The molecule has 0 saturated carbocycles. The van der Waals surface area contributed by atoms with E-state index in [9.17, 15) is 4.79 Å². The van der Waals surface area contributed by atoms with Crippen molar-refractivity contribution in [2.45, 2.75) is 39.3 Å². The third-order valence-corrected chi connectivity index (χ3v) is 4.65. The van der Waals surface area contributed by atoms with E-state index in [0.717, 1.165) is 18.4 Å². The van der Waals surface area contributed by atoms with Crippen LogP contribution in [0.2, 0.25) is 0 Å². The maximum Gasteiger partial charge on any atom is 0.409 e. The number of amides is 1. The minimum Gasteiger partial charge on any atom is -0.450 e. The van der Waals surface area contributed by atoms with E-state index in [4.69, 9.17) is 14.9 Å². The van der Waals surface area contributed by atoms with Gasteiger partial charge in [0.05, 0.1) is 12.8 Å². The van der Waals surface area contributed by atoms with Gasteiger partial charge in [0.25, 0.3) is 0 Å². The lowest BCUT2D eigenvalue weighted by Gasteiger charge is -2.31. The lowest BCUT2D eigenvalue weighted by molar-refractivity contribution is 0.0963. The number of aryl methyl sites for hydroxylation is 1. The number of aliphatic imine (C=N–C) groups is 1. The zero-order chi connectivity index (χ0) is 19.9. The maximum atomic E-state index is 11.7. The van der Waals surface area contributed by atoms with Gasteiger partial charge in [-0.25, -0.2) is 14.8 Å². The molecule has 1 aromatic heterocycles. The topological polar surface area (TPSA) is 106 Å². The summed E-state index contributed by atoms with van der Waals surface area (Å²) < 4.78 is 10.8. The number of hydrogen-bond donors (Lipinski definition) is 2. The number of carbonyl (C=O) groups is 1. The van der Waals surface area contributed by atoms with Gasteiger partial charge in [0.2, 0.25) is 5.89 Å². The van der Waals surface area contributed by atoms with Gasteiger partial charge < -0.3 is 25.1 Å². The molecule has 3 N–H and O–H groups in total. The summed E-state index contributed by atoms with van der Waals surface area (Å²) >= 11 is 0. The molecule has 1 aromatic carbocycles. The van der Waals surface area contributed by atoms with E-state index in [-0.39, 0.29) is 18.7 Å². The van der Waals surface area contributed by atoms with Crippen LogP contribution in [0.1, 0.15) is 31.2 Å². The highest BCUT2D eigenvalue weighted by molar-refractivity contribution is 5.78. The number of rotatable bonds is 5. The summed E-state index contributed by atoms with van der Waals surface area (Å²) in [5.74, 6) is 1.57. The predicted molar refractivity (Wildman–Crippen MR) is 107 cm³/mol. The van der Waals surface area contributed by atoms with Crippen LogP contribution in [0.3, 0.4) is 0 Å². The van der Waals surface area contributed by atoms with Crippen molar-refractivity contribution in [3.63, 3.8) is 0 Å². The van der Waals surface area contributed by atoms with Crippen LogP contribution >= 0.6 is 0 Å². The van der Waals surface area contributed by atoms with E-state index < -0.39 is 0 Å². The number of likely N-dealkylation sites (tertiary alicyclic amines) is 1. The standard InChI is InChI=1S/C20H27N5O3/c1-3-27-20(26)25-10-8-16(9-11-25)24-19(21)23-13-18-22-12-17(28-18)15-6-4-14(2)5-7-15/h4-7,12,16H,3,8-11,13H2,1-2H3,(H3,21,23,24). The summed E-state index contributed by atoms with van der Waals surface area (Å²) in [6.45, 7) is 5.80. The van der Waals surface area contributed by atoms with E-state index >= 15 is 0 Å². The van der Waals surface area contributed by atoms with Gasteiger partial charge in [-0.3, -0.25) is 0 Å². The van der Waals surface area contributed by atoms with Crippen LogP contribution in [0.15, 0.2) is 39.9 Å². The number of hydrogen-bond acceptors (Lipinski definition) is 5. The number of benzene rings is 1. The lowest BCUT2D eigenvalue weighted by atomic mass is 10.1. The summed E-state index contributed by atoms with van der Waals surface area (Å²) in [5, 5.41) is 3.20. The molecule has 28 heavy (non-hydrogen) atoms. The molecule has 2 aromatic rings. The number of ether oxygens (including phenoxy) is 1. The Morgan fingerprint density at radius 2 is 2.07 bits per heavy atom. The van der Waals surface area contributed by atoms with E-state index in [0.29, 0.717) is 37.3 Å². The van der Waals surface area contributed by atoms with Gasteiger partial charge in [0.1, 0.15) is 6.54 Å². The maximum absolute atomic E-state index is 11.7. The van der Waals surface area contributed by atoms with Gasteiger partial charge in [-0.15, -0.1) is 0 Å². The zero-order valence-corrected chi connectivity index (χ0v) is 16.4. The fourth-order valence-corrected chi connectivity index (χ4v) is 3.06. The monoisotopic (exact) mass is 385 g/mol. The average molecular weight is 385 g/mol. The van der Waals surface area contributed by atoms with Crippen LogP contribution in [-0.2, 0) is 11.3 Å². The molecule has 0 aliphatic carbocycles. The van der Waals surface area contributed by atoms with E-state index in [1.807, 2.05) is 31.2 Å². The van der Waals surface area contributed by atoms with Gasteiger partial charge in [-0.1, -0.05) is 29.8 Å². The molecule has 150 valence electrons. The second-order valence-corrected chi connectivity index (χ2v) is 6.79. The van der Waals surface area contributed by atoms with Crippen LogP contribution in [0.25, 0.3) is 11.3 Å². The van der Waals surface area contributed by atoms with Crippen LogP contribution in [0.5, 0.6) is 0 Å². The Bertz CT molecular complexity index is 808. The first-order valence-corrected chi connectivity index (χ1v) is 9.55. The van der Waals surface area contributed by atoms with Gasteiger partial charge in [0.15, 0.2) is 11.7 Å². The first-order valence-electron chi connectivity index (χ1n) is 9.55. The van der Waals surface area contributed by atoms with Crippen molar-refractivity contribution in [1.82, 2.24) is 15.2 Å². The largest absolute Gasteiger partial charge is 0.450 e. The number of nitrogens with zero attached hydrogens (tertiary/aromatic N) is 3. The number of guanidine groups is 1. The SMILES string of the molecule is CCOC(=O)N1CCC(NC(N)=NCc2ncc(-c3ccc(C)cc3)o2)CC1. The molecule has 1 fully saturated rings. The number of nitrogens with one attached hydrogen (secondary N) is 1. The molecule has 2 heterocycles. The minimum atomic E-state index is -0.254. The number of piperidine rings is 1.